The van der Waals surface area contributed by atoms with Crippen molar-refractivity contribution in [2.24, 2.45) is 4.99 Å². The van der Waals surface area contributed by atoms with Crippen LogP contribution in [0.1, 0.15) is 21.5 Å². The monoisotopic (exact) mass is 499 g/mol. The van der Waals surface area contributed by atoms with Crippen LogP contribution in [0.15, 0.2) is 71.6 Å². The summed E-state index contributed by atoms with van der Waals surface area (Å²) >= 11 is 1.45. The maximum atomic E-state index is 13.0. The summed E-state index contributed by atoms with van der Waals surface area (Å²) in [6.07, 6.45) is 3.04. The zero-order chi connectivity index (χ0) is 24.9. The maximum Gasteiger partial charge on any atom is 0.279 e. The predicted octanol–water partition coefficient (Wildman–Crippen LogP) is 4.07. The number of rotatable bonds is 10. The first-order valence-corrected chi connectivity index (χ1v) is 13.0. The lowest BCUT2D eigenvalue weighted by molar-refractivity contribution is 0.0997. The molecule has 0 saturated heterocycles. The first kappa shape index (κ1) is 25.8. The molecule has 9 heteroatoms. The molecule has 0 unspecified atom stereocenters. The van der Waals surface area contributed by atoms with Crippen molar-refractivity contribution in [3.05, 3.63) is 83.2 Å². The van der Waals surface area contributed by atoms with Gasteiger partial charge >= 0.3 is 0 Å². The van der Waals surface area contributed by atoms with Crippen molar-refractivity contribution in [2.75, 3.05) is 26.8 Å². The average molecular weight is 500 g/mol. The Hall–Kier alpha value is -2.85. The molecule has 0 saturated carbocycles. The molecule has 0 N–H and O–H groups in total. The van der Waals surface area contributed by atoms with Gasteiger partial charge in [-0.25, -0.2) is 8.42 Å². The zero-order valence-electron chi connectivity index (χ0n) is 19.7. The van der Waals surface area contributed by atoms with E-state index >= 15 is 0 Å². The van der Waals surface area contributed by atoms with Crippen molar-refractivity contribution in [3.63, 3.8) is 0 Å². The van der Waals surface area contributed by atoms with Crippen molar-refractivity contribution in [3.8, 4) is 0 Å². The van der Waals surface area contributed by atoms with E-state index < -0.39 is 15.9 Å². The topological polar surface area (TPSA) is 81.0 Å². The number of aromatic nitrogens is 1. The van der Waals surface area contributed by atoms with Crippen LogP contribution in [0, 0.1) is 13.8 Å². The molecule has 1 heterocycles. The van der Waals surface area contributed by atoms with Gasteiger partial charge in [-0.3, -0.25) is 4.79 Å². The second kappa shape index (κ2) is 11.1. The van der Waals surface area contributed by atoms with E-state index in [0.29, 0.717) is 23.5 Å². The Balaban J connectivity index is 1.99. The van der Waals surface area contributed by atoms with Gasteiger partial charge in [-0.1, -0.05) is 29.6 Å². The van der Waals surface area contributed by atoms with E-state index in [-0.39, 0.29) is 18.0 Å². The number of methoxy groups -OCH3 is 1. The Bertz CT molecular complexity index is 1370. The number of thiazole rings is 1. The highest BCUT2D eigenvalue weighted by molar-refractivity contribution is 7.89. The largest absolute Gasteiger partial charge is 0.383 e. The summed E-state index contributed by atoms with van der Waals surface area (Å²) in [6.45, 7) is 12.7. The molecule has 2 aromatic carbocycles. The molecular formula is C25H29N3O4S2. The van der Waals surface area contributed by atoms with Gasteiger partial charge in [-0.15, -0.1) is 13.2 Å². The van der Waals surface area contributed by atoms with E-state index in [1.54, 1.807) is 7.11 Å². The number of amides is 1. The lowest BCUT2D eigenvalue weighted by Crippen LogP contribution is -2.31. The fourth-order valence-corrected chi connectivity index (χ4v) is 6.11. The molecule has 1 amide bonds. The molecule has 0 aliphatic rings. The van der Waals surface area contributed by atoms with Crippen LogP contribution < -0.4 is 4.80 Å². The van der Waals surface area contributed by atoms with Crippen molar-refractivity contribution in [1.82, 2.24) is 8.87 Å². The van der Waals surface area contributed by atoms with Gasteiger partial charge in [0.05, 0.1) is 21.7 Å². The van der Waals surface area contributed by atoms with Crippen LogP contribution >= 0.6 is 11.3 Å². The van der Waals surface area contributed by atoms with Crippen molar-refractivity contribution in [2.45, 2.75) is 25.3 Å². The molecule has 34 heavy (non-hydrogen) atoms. The van der Waals surface area contributed by atoms with Gasteiger partial charge in [-0.05, 0) is 55.3 Å². The van der Waals surface area contributed by atoms with Crippen LogP contribution in [-0.2, 0) is 21.3 Å². The van der Waals surface area contributed by atoms with E-state index in [4.69, 9.17) is 4.74 Å². The summed E-state index contributed by atoms with van der Waals surface area (Å²) < 4.78 is 35.4. The van der Waals surface area contributed by atoms with Crippen LogP contribution in [-0.4, -0.2) is 50.0 Å². The van der Waals surface area contributed by atoms with E-state index in [2.05, 4.69) is 30.3 Å². The number of nitrogens with zero attached hydrogens (tertiary/aromatic N) is 3. The Labute approximate surface area is 204 Å². The second-order valence-electron chi connectivity index (χ2n) is 7.80. The highest BCUT2D eigenvalue weighted by atomic mass is 32.2. The number of ether oxygens (including phenoxy) is 1. The molecule has 1 aromatic heterocycles. The number of hydrogen-bond acceptors (Lipinski definition) is 5. The van der Waals surface area contributed by atoms with Gasteiger partial charge in [0.1, 0.15) is 0 Å². The third-order valence-corrected chi connectivity index (χ3v) is 8.31. The molecule has 180 valence electrons. The second-order valence-corrected chi connectivity index (χ2v) is 10.7. The van der Waals surface area contributed by atoms with Gasteiger partial charge in [-0.2, -0.15) is 9.30 Å². The van der Waals surface area contributed by atoms with Crippen molar-refractivity contribution >= 4 is 37.5 Å². The highest BCUT2D eigenvalue weighted by Crippen LogP contribution is 2.24. The standard InChI is InChI=1S/C25H29N3O4S2/c1-6-12-27(13-7-2)34(30,31)21-10-8-20(9-11-21)24(29)26-25-28(14-15-32-5)22-17-18(3)16-19(4)23(22)33-25/h6-11,16-17H,1-2,12-15H2,3-5H3. The first-order valence-electron chi connectivity index (χ1n) is 10.7. The van der Waals surface area contributed by atoms with Crippen LogP contribution in [0.3, 0.4) is 0 Å². The quantitative estimate of drug-likeness (QED) is 0.394. The van der Waals surface area contributed by atoms with E-state index in [0.717, 1.165) is 21.3 Å². The van der Waals surface area contributed by atoms with Gasteiger partial charge in [0.25, 0.3) is 5.91 Å². The van der Waals surface area contributed by atoms with Crippen LogP contribution in [0.4, 0.5) is 0 Å². The van der Waals surface area contributed by atoms with Crippen LogP contribution in [0.2, 0.25) is 0 Å². The van der Waals surface area contributed by atoms with E-state index in [9.17, 15) is 13.2 Å². The zero-order valence-corrected chi connectivity index (χ0v) is 21.3. The third kappa shape index (κ3) is 5.44. The molecule has 0 atom stereocenters. The van der Waals surface area contributed by atoms with Crippen LogP contribution in [0.5, 0.6) is 0 Å². The fraction of sp³-hybridized carbons (Fsp3) is 0.280. The molecule has 0 bridgehead atoms. The molecule has 0 spiro atoms. The Morgan fingerprint density at radius 3 is 2.38 bits per heavy atom. The number of fused-ring (bicyclic) bond motifs is 1. The fourth-order valence-electron chi connectivity index (χ4n) is 3.63. The Morgan fingerprint density at radius 1 is 1.15 bits per heavy atom. The SMILES string of the molecule is C=CCN(CC=C)S(=O)(=O)c1ccc(C(=O)N=c2sc3c(C)cc(C)cc3n2CCOC)cc1. The highest BCUT2D eigenvalue weighted by Gasteiger charge is 2.22. The molecule has 0 aliphatic carbocycles. The smallest absolute Gasteiger partial charge is 0.279 e. The summed E-state index contributed by atoms with van der Waals surface area (Å²) in [5.74, 6) is -0.440. The molecular weight excluding hydrogens is 470 g/mol. The minimum atomic E-state index is -3.74. The van der Waals surface area contributed by atoms with Crippen molar-refractivity contribution in [1.29, 1.82) is 0 Å². The maximum absolute atomic E-state index is 13.0. The molecule has 0 radical (unpaired) electrons. The Morgan fingerprint density at radius 2 is 1.79 bits per heavy atom. The summed E-state index contributed by atoms with van der Waals surface area (Å²) in [4.78, 5) is 18.0. The van der Waals surface area contributed by atoms with Crippen LogP contribution in [0.25, 0.3) is 10.2 Å². The minimum absolute atomic E-state index is 0.0934. The molecule has 3 aromatic rings. The molecule has 7 nitrogen and oxygen atoms in total. The van der Waals surface area contributed by atoms with Gasteiger partial charge in [0, 0.05) is 32.3 Å². The van der Waals surface area contributed by atoms with E-state index in [1.807, 2.05) is 18.4 Å². The van der Waals surface area contributed by atoms with Gasteiger partial charge in [0.2, 0.25) is 10.0 Å². The van der Waals surface area contributed by atoms with Gasteiger partial charge in [0.15, 0.2) is 4.80 Å². The number of hydrogen-bond donors (Lipinski definition) is 0. The summed E-state index contributed by atoms with van der Waals surface area (Å²) in [5.41, 5.74) is 3.57. The summed E-state index contributed by atoms with van der Waals surface area (Å²) in [7, 11) is -2.10. The first-order chi connectivity index (χ1) is 16.2. The predicted molar refractivity (Wildman–Crippen MR) is 137 cm³/mol. The lowest BCUT2D eigenvalue weighted by Gasteiger charge is -2.19. The van der Waals surface area contributed by atoms with E-state index in [1.165, 1.54) is 52.1 Å². The number of carbonyl (C=O) groups excluding carboxylic acids is 1. The summed E-state index contributed by atoms with van der Waals surface area (Å²) in [6, 6.07) is 10.0. The molecule has 0 fully saturated rings. The number of benzene rings is 2. The number of sulfonamides is 1. The third-order valence-electron chi connectivity index (χ3n) is 5.24. The van der Waals surface area contributed by atoms with Gasteiger partial charge < -0.3 is 9.30 Å². The number of aryl methyl sites for hydroxylation is 2. The average Bonchev–Trinajstić information content (AvgIpc) is 3.14. The normalized spacial score (nSPS) is 12.4. The minimum Gasteiger partial charge on any atom is -0.383 e. The molecule has 3 rings (SSSR count). The number of carbonyl (C=O) groups is 1. The summed E-state index contributed by atoms with van der Waals surface area (Å²) in [5, 5.41) is 0. The molecule has 0 aliphatic heterocycles. The van der Waals surface area contributed by atoms with Crippen molar-refractivity contribution < 1.29 is 17.9 Å². The Kier molecular flexibility index (Phi) is 8.37. The lowest BCUT2D eigenvalue weighted by atomic mass is 10.1.